The van der Waals surface area contributed by atoms with Crippen LogP contribution in [-0.2, 0) is 0 Å². The van der Waals surface area contributed by atoms with E-state index in [4.69, 9.17) is 0 Å². The van der Waals surface area contributed by atoms with Crippen molar-refractivity contribution >= 4 is 0 Å². The molecule has 3 heteroatoms. The number of hydrogen-bond acceptors (Lipinski definition) is 2. The van der Waals surface area contributed by atoms with Crippen molar-refractivity contribution in [3.8, 4) is 0 Å². The third-order valence-electron chi connectivity index (χ3n) is 2.64. The maximum absolute atomic E-state index is 13.4. The molecule has 0 aromatic carbocycles. The smallest absolute Gasteiger partial charge is 0.129 e. The van der Waals surface area contributed by atoms with Gasteiger partial charge in [0.05, 0.1) is 6.04 Å². The van der Waals surface area contributed by atoms with Crippen LogP contribution in [0.15, 0.2) is 0 Å². The lowest BCUT2D eigenvalue weighted by Gasteiger charge is -2.22. The average molecular weight is 174 g/mol. The lowest BCUT2D eigenvalue weighted by Crippen LogP contribution is -2.36. The highest BCUT2D eigenvalue weighted by atomic mass is 19.1. The Bertz CT molecular complexity index is 147. The van der Waals surface area contributed by atoms with Crippen molar-refractivity contribution in [3.05, 3.63) is 0 Å². The highest BCUT2D eigenvalue weighted by Crippen LogP contribution is 2.18. The van der Waals surface area contributed by atoms with Crippen LogP contribution in [-0.4, -0.2) is 55.2 Å². The highest BCUT2D eigenvalue weighted by Gasteiger charge is 2.34. The Kier molecular flexibility index (Phi) is 3.07. The summed E-state index contributed by atoms with van der Waals surface area (Å²) in [5.74, 6) is 0. The Balaban J connectivity index is 2.50. The predicted molar refractivity (Wildman–Crippen MR) is 49.1 cm³/mol. The fraction of sp³-hybridized carbons (Fsp3) is 1.00. The van der Waals surface area contributed by atoms with Gasteiger partial charge in [-0.2, -0.15) is 0 Å². The van der Waals surface area contributed by atoms with E-state index in [1.807, 2.05) is 19.0 Å². The second-order valence-corrected chi connectivity index (χ2v) is 4.09. The molecule has 72 valence electrons. The molecule has 0 aromatic rings. The monoisotopic (exact) mass is 174 g/mol. The van der Waals surface area contributed by atoms with Gasteiger partial charge in [0, 0.05) is 19.1 Å². The summed E-state index contributed by atoms with van der Waals surface area (Å²) in [6.45, 7) is 5.70. The lowest BCUT2D eigenvalue weighted by atomic mass is 10.2. The van der Waals surface area contributed by atoms with Crippen LogP contribution >= 0.6 is 0 Å². The summed E-state index contributed by atoms with van der Waals surface area (Å²) in [6, 6.07) is 0.556. The molecule has 0 radical (unpaired) electrons. The van der Waals surface area contributed by atoms with Gasteiger partial charge in [-0.05, 0) is 27.9 Å². The Morgan fingerprint density at radius 2 is 1.92 bits per heavy atom. The molecule has 0 aliphatic carbocycles. The van der Waals surface area contributed by atoms with Crippen LogP contribution in [0.4, 0.5) is 4.39 Å². The first-order valence-electron chi connectivity index (χ1n) is 4.57. The molecular weight excluding hydrogens is 155 g/mol. The van der Waals surface area contributed by atoms with Crippen LogP contribution in [0.2, 0.25) is 0 Å². The predicted octanol–water partition coefficient (Wildman–Crippen LogP) is 0.979. The molecule has 2 nitrogen and oxygen atoms in total. The Morgan fingerprint density at radius 1 is 1.33 bits per heavy atom. The van der Waals surface area contributed by atoms with Gasteiger partial charge in [0.25, 0.3) is 0 Å². The van der Waals surface area contributed by atoms with Crippen molar-refractivity contribution in [2.75, 3.05) is 27.2 Å². The van der Waals surface area contributed by atoms with Crippen LogP contribution < -0.4 is 0 Å². The van der Waals surface area contributed by atoms with Crippen molar-refractivity contribution in [2.24, 2.45) is 0 Å². The molecule has 1 aliphatic rings. The van der Waals surface area contributed by atoms with Gasteiger partial charge in [0.2, 0.25) is 0 Å². The molecule has 0 spiro atoms. The van der Waals surface area contributed by atoms with E-state index in [0.29, 0.717) is 12.6 Å². The molecule has 0 amide bonds. The van der Waals surface area contributed by atoms with Crippen LogP contribution in [0, 0.1) is 0 Å². The zero-order valence-corrected chi connectivity index (χ0v) is 8.42. The van der Waals surface area contributed by atoms with Crippen molar-refractivity contribution in [1.29, 1.82) is 0 Å². The van der Waals surface area contributed by atoms with E-state index in [2.05, 4.69) is 18.7 Å². The SMILES string of the molecule is CC(C)N1C[C@@H](N(C)C)[C@@H](F)C1. The maximum Gasteiger partial charge on any atom is 0.129 e. The van der Waals surface area contributed by atoms with Crippen molar-refractivity contribution < 1.29 is 4.39 Å². The molecule has 2 atom stereocenters. The second kappa shape index (κ2) is 3.71. The quantitative estimate of drug-likeness (QED) is 0.615. The number of nitrogens with zero attached hydrogens (tertiary/aromatic N) is 2. The van der Waals surface area contributed by atoms with Crippen molar-refractivity contribution in [1.82, 2.24) is 9.80 Å². The first kappa shape index (κ1) is 9.93. The zero-order chi connectivity index (χ0) is 9.30. The molecule has 1 rings (SSSR count). The Labute approximate surface area is 74.3 Å². The number of hydrogen-bond donors (Lipinski definition) is 0. The van der Waals surface area contributed by atoms with Gasteiger partial charge in [0.15, 0.2) is 0 Å². The number of alkyl halides is 1. The third kappa shape index (κ3) is 1.96. The Morgan fingerprint density at radius 3 is 2.17 bits per heavy atom. The summed E-state index contributed by atoms with van der Waals surface area (Å²) in [5.41, 5.74) is 0. The van der Waals surface area contributed by atoms with E-state index in [1.54, 1.807) is 0 Å². The van der Waals surface area contributed by atoms with Gasteiger partial charge in [-0.3, -0.25) is 4.90 Å². The molecule has 0 saturated carbocycles. The minimum absolute atomic E-state index is 0.0902. The summed E-state index contributed by atoms with van der Waals surface area (Å²) in [4.78, 5) is 4.17. The van der Waals surface area contributed by atoms with E-state index in [-0.39, 0.29) is 6.04 Å². The highest BCUT2D eigenvalue weighted by molar-refractivity contribution is 4.90. The number of likely N-dealkylation sites (tertiary alicyclic amines) is 1. The van der Waals surface area contributed by atoms with E-state index in [1.165, 1.54) is 0 Å². The van der Waals surface area contributed by atoms with Gasteiger partial charge in [0.1, 0.15) is 6.17 Å². The first-order chi connectivity index (χ1) is 5.52. The summed E-state index contributed by atoms with van der Waals surface area (Å²) >= 11 is 0. The summed E-state index contributed by atoms with van der Waals surface area (Å²) in [7, 11) is 3.89. The number of rotatable bonds is 2. The van der Waals surface area contributed by atoms with Crippen molar-refractivity contribution in [2.45, 2.75) is 32.1 Å². The summed E-state index contributed by atoms with van der Waals surface area (Å²) < 4.78 is 13.4. The number of likely N-dealkylation sites (N-methyl/N-ethyl adjacent to an activating group) is 1. The topological polar surface area (TPSA) is 6.48 Å². The van der Waals surface area contributed by atoms with Gasteiger partial charge < -0.3 is 4.90 Å². The van der Waals surface area contributed by atoms with E-state index in [0.717, 1.165) is 6.54 Å². The van der Waals surface area contributed by atoms with Crippen LogP contribution in [0.3, 0.4) is 0 Å². The average Bonchev–Trinajstić information content (AvgIpc) is 2.30. The maximum atomic E-state index is 13.4. The van der Waals surface area contributed by atoms with Gasteiger partial charge in [-0.1, -0.05) is 0 Å². The minimum Gasteiger partial charge on any atom is -0.302 e. The Hall–Kier alpha value is -0.150. The molecule has 0 unspecified atom stereocenters. The summed E-state index contributed by atoms with van der Waals surface area (Å²) in [5, 5.41) is 0. The third-order valence-corrected chi connectivity index (χ3v) is 2.64. The lowest BCUT2D eigenvalue weighted by molar-refractivity contribution is 0.202. The molecule has 1 aliphatic heterocycles. The minimum atomic E-state index is -0.678. The molecule has 1 heterocycles. The van der Waals surface area contributed by atoms with Crippen LogP contribution in [0.1, 0.15) is 13.8 Å². The van der Waals surface area contributed by atoms with E-state index < -0.39 is 6.17 Å². The summed E-state index contributed by atoms with van der Waals surface area (Å²) in [6.07, 6.45) is -0.678. The molecule has 1 saturated heterocycles. The van der Waals surface area contributed by atoms with Crippen LogP contribution in [0.5, 0.6) is 0 Å². The molecule has 1 fully saturated rings. The number of halogens is 1. The van der Waals surface area contributed by atoms with Gasteiger partial charge >= 0.3 is 0 Å². The zero-order valence-electron chi connectivity index (χ0n) is 8.42. The molecular formula is C9H19FN2. The van der Waals surface area contributed by atoms with Crippen molar-refractivity contribution in [3.63, 3.8) is 0 Å². The second-order valence-electron chi connectivity index (χ2n) is 4.09. The largest absolute Gasteiger partial charge is 0.302 e. The molecule has 0 N–H and O–H groups in total. The first-order valence-corrected chi connectivity index (χ1v) is 4.57. The fourth-order valence-corrected chi connectivity index (χ4v) is 1.68. The van der Waals surface area contributed by atoms with E-state index >= 15 is 0 Å². The van der Waals surface area contributed by atoms with E-state index in [9.17, 15) is 4.39 Å². The molecule has 12 heavy (non-hydrogen) atoms. The van der Waals surface area contributed by atoms with Gasteiger partial charge in [-0.15, -0.1) is 0 Å². The van der Waals surface area contributed by atoms with Crippen LogP contribution in [0.25, 0.3) is 0 Å². The normalized spacial score (nSPS) is 32.2. The van der Waals surface area contributed by atoms with Gasteiger partial charge in [-0.25, -0.2) is 4.39 Å². The molecule has 0 bridgehead atoms. The molecule has 0 aromatic heterocycles. The fourth-order valence-electron chi connectivity index (χ4n) is 1.68. The standard InChI is InChI=1S/C9H19FN2/c1-7(2)12-5-8(10)9(6-12)11(3)4/h7-9H,5-6H2,1-4H3/t8-,9+/m0/s1.